The highest BCUT2D eigenvalue weighted by Crippen LogP contribution is 2.35. The summed E-state index contributed by atoms with van der Waals surface area (Å²) in [6.45, 7) is 4.71. The van der Waals surface area contributed by atoms with Crippen LogP contribution in [0.3, 0.4) is 0 Å². The summed E-state index contributed by atoms with van der Waals surface area (Å²) in [6.07, 6.45) is 4.51. The molecule has 0 aromatic heterocycles. The van der Waals surface area contributed by atoms with Crippen LogP contribution in [0.1, 0.15) is 26.2 Å². The van der Waals surface area contributed by atoms with Gasteiger partial charge in [-0.25, -0.2) is 0 Å². The van der Waals surface area contributed by atoms with Crippen LogP contribution in [0.15, 0.2) is 0 Å². The lowest BCUT2D eigenvalue weighted by Crippen LogP contribution is -1.90. The molecule has 48 valence electrons. The largest absolute Gasteiger partial charge is 0.122 e. The molecular formula is C7H15P. The molecule has 0 N–H and O–H groups in total. The highest BCUT2D eigenvalue weighted by molar-refractivity contribution is 7.37. The quantitative estimate of drug-likeness (QED) is 0.478. The van der Waals surface area contributed by atoms with Crippen molar-refractivity contribution in [3.63, 3.8) is 0 Å². The molecule has 1 heteroatoms. The molecule has 0 spiro atoms. The molecule has 1 fully saturated rings. The second kappa shape index (κ2) is 2.82. The SMILES string of the molecule is CPC1CCC(C)C1. The van der Waals surface area contributed by atoms with Crippen molar-refractivity contribution >= 4 is 8.58 Å². The van der Waals surface area contributed by atoms with E-state index in [-0.39, 0.29) is 0 Å². The molecule has 1 aliphatic rings. The van der Waals surface area contributed by atoms with Gasteiger partial charge in [0.15, 0.2) is 0 Å². The molecular weight excluding hydrogens is 115 g/mol. The van der Waals surface area contributed by atoms with Crippen LogP contribution in [0.4, 0.5) is 0 Å². The van der Waals surface area contributed by atoms with Crippen LogP contribution < -0.4 is 0 Å². The number of hydrogen-bond donors (Lipinski definition) is 0. The first-order valence-corrected chi connectivity index (χ1v) is 5.08. The Bertz CT molecular complexity index is 70.8. The van der Waals surface area contributed by atoms with E-state index in [1.807, 2.05) is 0 Å². The Morgan fingerprint density at radius 1 is 1.38 bits per heavy atom. The van der Waals surface area contributed by atoms with Crippen LogP contribution in [-0.4, -0.2) is 12.3 Å². The zero-order valence-corrected chi connectivity index (χ0v) is 6.78. The van der Waals surface area contributed by atoms with E-state index >= 15 is 0 Å². The maximum atomic E-state index is 2.38. The molecule has 8 heavy (non-hydrogen) atoms. The smallest absolute Gasteiger partial charge is 0.0236 e. The van der Waals surface area contributed by atoms with Crippen LogP contribution in [-0.2, 0) is 0 Å². The second-order valence-corrected chi connectivity index (χ2v) is 4.30. The zero-order valence-electron chi connectivity index (χ0n) is 5.78. The fraction of sp³-hybridized carbons (Fsp3) is 1.00. The first-order chi connectivity index (χ1) is 3.83. The summed E-state index contributed by atoms with van der Waals surface area (Å²) in [5, 5.41) is 0. The molecule has 1 saturated carbocycles. The predicted molar refractivity (Wildman–Crippen MR) is 41.0 cm³/mol. The third-order valence-corrected chi connectivity index (χ3v) is 3.44. The fourth-order valence-corrected chi connectivity index (χ4v) is 2.56. The number of hydrogen-bond acceptors (Lipinski definition) is 0. The summed E-state index contributed by atoms with van der Waals surface area (Å²) in [6, 6.07) is 0. The molecule has 0 aromatic rings. The topological polar surface area (TPSA) is 0 Å². The lowest BCUT2D eigenvalue weighted by Gasteiger charge is -2.02. The molecule has 1 aliphatic carbocycles. The van der Waals surface area contributed by atoms with Gasteiger partial charge in [-0.2, -0.15) is 0 Å². The summed E-state index contributed by atoms with van der Waals surface area (Å²) in [7, 11) is 1.20. The Kier molecular flexibility index (Phi) is 2.31. The molecule has 3 unspecified atom stereocenters. The minimum absolute atomic E-state index is 1.03. The van der Waals surface area contributed by atoms with Crippen LogP contribution in [0, 0.1) is 5.92 Å². The molecule has 3 atom stereocenters. The first kappa shape index (κ1) is 6.55. The van der Waals surface area contributed by atoms with Crippen LogP contribution >= 0.6 is 8.58 Å². The highest BCUT2D eigenvalue weighted by Gasteiger charge is 2.18. The van der Waals surface area contributed by atoms with Gasteiger partial charge in [0.1, 0.15) is 0 Å². The van der Waals surface area contributed by atoms with Crippen LogP contribution in [0.25, 0.3) is 0 Å². The third kappa shape index (κ3) is 1.45. The van der Waals surface area contributed by atoms with E-state index in [4.69, 9.17) is 0 Å². The molecule has 0 nitrogen and oxygen atoms in total. The van der Waals surface area contributed by atoms with E-state index in [2.05, 4.69) is 13.6 Å². The normalized spacial score (nSPS) is 39.8. The highest BCUT2D eigenvalue weighted by atomic mass is 31.1. The third-order valence-electron chi connectivity index (χ3n) is 2.10. The Hall–Kier alpha value is 0.430. The number of rotatable bonds is 1. The van der Waals surface area contributed by atoms with Gasteiger partial charge in [-0.3, -0.25) is 0 Å². The monoisotopic (exact) mass is 130 g/mol. The first-order valence-electron chi connectivity index (χ1n) is 3.50. The van der Waals surface area contributed by atoms with E-state index in [9.17, 15) is 0 Å². The van der Waals surface area contributed by atoms with Gasteiger partial charge in [-0.05, 0) is 31.1 Å². The van der Waals surface area contributed by atoms with Crippen molar-refractivity contribution in [3.8, 4) is 0 Å². The Labute approximate surface area is 53.8 Å². The summed E-state index contributed by atoms with van der Waals surface area (Å²) in [5.74, 6) is 1.03. The van der Waals surface area contributed by atoms with Gasteiger partial charge in [0.05, 0.1) is 0 Å². The molecule has 0 radical (unpaired) electrons. The Morgan fingerprint density at radius 2 is 2.12 bits per heavy atom. The lowest BCUT2D eigenvalue weighted by molar-refractivity contribution is 0.613. The van der Waals surface area contributed by atoms with Gasteiger partial charge in [-0.1, -0.05) is 13.3 Å². The fourth-order valence-electron chi connectivity index (χ4n) is 1.47. The minimum Gasteiger partial charge on any atom is -0.122 e. The summed E-state index contributed by atoms with van der Waals surface area (Å²) < 4.78 is 0. The van der Waals surface area contributed by atoms with Crippen molar-refractivity contribution in [2.24, 2.45) is 5.92 Å². The van der Waals surface area contributed by atoms with Gasteiger partial charge in [0.2, 0.25) is 0 Å². The van der Waals surface area contributed by atoms with Gasteiger partial charge >= 0.3 is 0 Å². The molecule has 1 rings (SSSR count). The summed E-state index contributed by atoms with van der Waals surface area (Å²) in [5.41, 5.74) is 1.10. The van der Waals surface area contributed by atoms with Crippen molar-refractivity contribution in [2.75, 3.05) is 6.66 Å². The van der Waals surface area contributed by atoms with Crippen molar-refractivity contribution in [1.29, 1.82) is 0 Å². The standard InChI is InChI=1S/C7H15P/c1-6-3-4-7(5-6)8-2/h6-8H,3-5H2,1-2H3. The van der Waals surface area contributed by atoms with Gasteiger partial charge in [-0.15, -0.1) is 8.58 Å². The Morgan fingerprint density at radius 3 is 2.38 bits per heavy atom. The maximum absolute atomic E-state index is 2.38. The Balaban J connectivity index is 2.22. The second-order valence-electron chi connectivity index (χ2n) is 2.90. The zero-order chi connectivity index (χ0) is 5.98. The van der Waals surface area contributed by atoms with Crippen molar-refractivity contribution in [2.45, 2.75) is 31.8 Å². The molecule has 0 amide bonds. The average molecular weight is 130 g/mol. The van der Waals surface area contributed by atoms with E-state index in [0.717, 1.165) is 11.6 Å². The molecule has 0 aliphatic heterocycles. The minimum atomic E-state index is 1.03. The van der Waals surface area contributed by atoms with E-state index in [1.165, 1.54) is 27.8 Å². The van der Waals surface area contributed by atoms with Crippen molar-refractivity contribution in [1.82, 2.24) is 0 Å². The molecule has 0 bridgehead atoms. The van der Waals surface area contributed by atoms with Crippen molar-refractivity contribution in [3.05, 3.63) is 0 Å². The predicted octanol–water partition coefficient (Wildman–Crippen LogP) is 2.48. The summed E-state index contributed by atoms with van der Waals surface area (Å²) in [4.78, 5) is 0. The maximum Gasteiger partial charge on any atom is -0.0236 e. The lowest BCUT2D eigenvalue weighted by atomic mass is 10.1. The van der Waals surface area contributed by atoms with E-state index in [0.29, 0.717) is 0 Å². The van der Waals surface area contributed by atoms with Gasteiger partial charge in [0.25, 0.3) is 0 Å². The van der Waals surface area contributed by atoms with E-state index in [1.54, 1.807) is 0 Å². The van der Waals surface area contributed by atoms with Crippen LogP contribution in [0.2, 0.25) is 0 Å². The van der Waals surface area contributed by atoms with Gasteiger partial charge < -0.3 is 0 Å². The van der Waals surface area contributed by atoms with Crippen LogP contribution in [0.5, 0.6) is 0 Å². The van der Waals surface area contributed by atoms with Gasteiger partial charge in [0, 0.05) is 0 Å². The molecule has 0 saturated heterocycles. The van der Waals surface area contributed by atoms with Crippen molar-refractivity contribution < 1.29 is 0 Å². The molecule has 0 aromatic carbocycles. The van der Waals surface area contributed by atoms with E-state index < -0.39 is 0 Å². The molecule has 0 heterocycles. The average Bonchev–Trinajstić information content (AvgIpc) is 2.14. The summed E-state index contributed by atoms with van der Waals surface area (Å²) >= 11 is 0.